The van der Waals surface area contributed by atoms with Crippen LogP contribution in [0.15, 0.2) is 0 Å². The quantitative estimate of drug-likeness (QED) is 0.127. The molecule has 0 aromatic carbocycles. The molecule has 0 amide bonds. The van der Waals surface area contributed by atoms with Crippen LogP contribution in [0.3, 0.4) is 0 Å². The predicted octanol–water partition coefficient (Wildman–Crippen LogP) is 7.90. The number of fused-ring (bicyclic) bond motifs is 10. The highest BCUT2D eigenvalue weighted by Crippen LogP contribution is 2.53. The van der Waals surface area contributed by atoms with Gasteiger partial charge in [-0.1, -0.05) is 113 Å². The fraction of sp³-hybridized carbons (Fsp3) is 1.00. The van der Waals surface area contributed by atoms with E-state index in [9.17, 15) is 0 Å². The minimum absolute atomic E-state index is 0. The van der Waals surface area contributed by atoms with Gasteiger partial charge in [-0.15, -0.1) is 0 Å². The monoisotopic (exact) mass is 1020 g/mol. The molecule has 6 atom stereocenters. The molecular formula is C56H124N6O9. The van der Waals surface area contributed by atoms with E-state index in [4.69, 9.17) is 77.0 Å². The van der Waals surface area contributed by atoms with Crippen molar-refractivity contribution in [2.24, 2.45) is 88.6 Å². The van der Waals surface area contributed by atoms with Crippen molar-refractivity contribution in [2.75, 3.05) is 158 Å². The molecule has 0 radical (unpaired) electrons. The Balaban J connectivity index is -0.0000116. The second-order valence-electron chi connectivity index (χ2n) is 25.6. The van der Waals surface area contributed by atoms with Gasteiger partial charge in [0.25, 0.3) is 0 Å². The van der Waals surface area contributed by atoms with Gasteiger partial charge in [-0.05, 0) is 60.2 Å². The van der Waals surface area contributed by atoms with Crippen molar-refractivity contribution in [1.82, 2.24) is 0 Å². The van der Waals surface area contributed by atoms with Crippen molar-refractivity contribution >= 4 is 0 Å². The van der Waals surface area contributed by atoms with Crippen molar-refractivity contribution in [2.45, 2.75) is 151 Å². The first-order valence-electron chi connectivity index (χ1n) is 25.6. The van der Waals surface area contributed by atoms with E-state index in [2.05, 4.69) is 83.1 Å². The molecule has 2 aliphatic heterocycles. The lowest BCUT2D eigenvalue weighted by Crippen LogP contribution is -2.55. The van der Waals surface area contributed by atoms with Gasteiger partial charge in [-0.2, -0.15) is 0 Å². The summed E-state index contributed by atoms with van der Waals surface area (Å²) >= 11 is 0. The Labute approximate surface area is 439 Å². The summed E-state index contributed by atoms with van der Waals surface area (Å²) in [4.78, 5) is 0. The summed E-state index contributed by atoms with van der Waals surface area (Å²) in [5.74, 6) is 0. The zero-order chi connectivity index (χ0) is 50.6. The smallest absolute Gasteiger partial charge is 0.0701 e. The molecule has 2 saturated heterocycles. The van der Waals surface area contributed by atoms with E-state index in [-0.39, 0.29) is 51.4 Å². The van der Waals surface area contributed by atoms with Crippen LogP contribution in [0.25, 0.3) is 0 Å². The Morgan fingerprint density at radius 3 is 0.746 bits per heavy atom. The van der Waals surface area contributed by atoms with Gasteiger partial charge in [0.05, 0.1) is 119 Å². The highest BCUT2D eigenvalue weighted by atomic mass is 16.6. The third kappa shape index (κ3) is 24.5. The van der Waals surface area contributed by atoms with Gasteiger partial charge in [-0.25, -0.2) is 0 Å². The van der Waals surface area contributed by atoms with Crippen LogP contribution in [-0.2, 0) is 42.6 Å². The Hall–Kier alpha value is -0.600. The van der Waals surface area contributed by atoms with Crippen LogP contribution in [0.5, 0.6) is 0 Å². The fourth-order valence-corrected chi connectivity index (χ4v) is 11.4. The molecule has 2 aliphatic rings. The van der Waals surface area contributed by atoms with Gasteiger partial charge in [0.1, 0.15) is 0 Å². The largest absolute Gasteiger partial charge is 0.378 e. The lowest BCUT2D eigenvalue weighted by atomic mass is 9.55. The van der Waals surface area contributed by atoms with Crippen LogP contribution in [-0.4, -0.2) is 158 Å². The molecule has 0 spiro atoms. The second kappa shape index (κ2) is 33.5. The lowest BCUT2D eigenvalue weighted by Gasteiger charge is -2.52. The van der Waals surface area contributed by atoms with Crippen molar-refractivity contribution in [3.05, 3.63) is 0 Å². The molecule has 2 bridgehead atoms. The number of nitrogens with two attached hydrogens (primary N) is 6. The van der Waals surface area contributed by atoms with E-state index >= 15 is 0 Å². The molecule has 2 rings (SSSR count). The maximum Gasteiger partial charge on any atom is 0.0701 e. The summed E-state index contributed by atoms with van der Waals surface area (Å²) < 4.78 is 58.0. The lowest BCUT2D eigenvalue weighted by molar-refractivity contribution is -0.112. The van der Waals surface area contributed by atoms with Gasteiger partial charge in [0, 0.05) is 71.8 Å². The summed E-state index contributed by atoms with van der Waals surface area (Å²) in [5, 5.41) is 0. The summed E-state index contributed by atoms with van der Waals surface area (Å²) in [5.41, 5.74) is 38.0. The first-order valence-corrected chi connectivity index (χ1v) is 25.6. The average molecular weight is 1030 g/mol. The topological polar surface area (TPSA) is 239 Å². The number of rotatable bonds is 8. The maximum absolute atomic E-state index is 6.99. The second-order valence-corrected chi connectivity index (χ2v) is 25.6. The van der Waals surface area contributed by atoms with E-state index in [0.717, 1.165) is 12.8 Å². The van der Waals surface area contributed by atoms with Crippen LogP contribution < -0.4 is 34.4 Å². The Morgan fingerprint density at radius 1 is 0.296 bits per heavy atom. The Kier molecular flexibility index (Phi) is 35.3. The first kappa shape index (κ1) is 74.6. The summed E-state index contributed by atoms with van der Waals surface area (Å²) in [7, 11) is 0. The fourth-order valence-electron chi connectivity index (χ4n) is 11.4. The molecule has 15 nitrogen and oxygen atoms in total. The van der Waals surface area contributed by atoms with Crippen molar-refractivity contribution in [3.8, 4) is 0 Å². The predicted molar refractivity (Wildman–Crippen MR) is 299 cm³/mol. The van der Waals surface area contributed by atoms with Gasteiger partial charge in [0.2, 0.25) is 0 Å². The molecule has 2 fully saturated rings. The minimum atomic E-state index is -0.528. The zero-order valence-corrected chi connectivity index (χ0v) is 45.4. The molecule has 15 heteroatoms. The van der Waals surface area contributed by atoms with Gasteiger partial charge >= 0.3 is 0 Å². The summed E-state index contributed by atoms with van der Waals surface area (Å²) in [6.07, 6.45) is 4.33. The third-order valence-corrected chi connectivity index (χ3v) is 15.1. The minimum Gasteiger partial charge on any atom is -0.378 e. The molecule has 0 aromatic rings. The molecule has 2 heterocycles. The molecular weight excluding hydrogens is 901 g/mol. The first-order chi connectivity index (χ1) is 31.2. The van der Waals surface area contributed by atoms with Crippen molar-refractivity contribution < 1.29 is 42.6 Å². The molecule has 6 unspecified atom stereocenters. The van der Waals surface area contributed by atoms with E-state index in [1.165, 1.54) is 0 Å². The molecule has 0 saturated carbocycles. The van der Waals surface area contributed by atoms with Gasteiger partial charge < -0.3 is 77.0 Å². The van der Waals surface area contributed by atoms with E-state index in [0.29, 0.717) is 184 Å². The van der Waals surface area contributed by atoms with Crippen LogP contribution in [0, 0.1) is 54.1 Å². The zero-order valence-electron chi connectivity index (χ0n) is 45.4. The molecule has 0 aliphatic carbocycles. The normalized spacial score (nSPS) is 31.5. The van der Waals surface area contributed by atoms with E-state index in [1.54, 1.807) is 0 Å². The van der Waals surface area contributed by atoms with Crippen LogP contribution in [0.4, 0.5) is 0 Å². The number of ether oxygens (including phenoxy) is 9. The summed E-state index contributed by atoms with van der Waals surface area (Å²) in [6.45, 7) is 36.7. The van der Waals surface area contributed by atoms with E-state index < -0.39 is 32.5 Å². The van der Waals surface area contributed by atoms with Gasteiger partial charge in [-0.3, -0.25) is 0 Å². The van der Waals surface area contributed by atoms with Crippen molar-refractivity contribution in [3.63, 3.8) is 0 Å². The Bertz CT molecular complexity index is 1250. The highest BCUT2D eigenvalue weighted by Gasteiger charge is 2.52. The van der Waals surface area contributed by atoms with Crippen LogP contribution in [0.2, 0.25) is 0 Å². The molecule has 12 N–H and O–H groups in total. The van der Waals surface area contributed by atoms with Crippen molar-refractivity contribution in [1.29, 1.82) is 0 Å². The average Bonchev–Trinajstić information content (AvgIpc) is 3.23. The molecule has 71 heavy (non-hydrogen) atoms. The number of hydrogen-bond donors (Lipinski definition) is 6. The third-order valence-electron chi connectivity index (χ3n) is 15.1. The molecule has 0 aromatic heterocycles. The highest BCUT2D eigenvalue weighted by molar-refractivity contribution is 5.03. The van der Waals surface area contributed by atoms with Gasteiger partial charge in [0.15, 0.2) is 0 Å². The standard InChI is InChI=1S/C52H108N6O9.4CH4/c1-43(2,3)25-47(31-53)27-49(33-55)29-51(35-57,45(7,8)9)41-66-23-17-61-18-24-67-42-52(36-58,46(10,11)12)30-50(34-56,40-65-22-16-60-15-21-64-39-49)28-48(32-54,26-44(4,5)6)38-63-20-14-59-13-19-62-37-47;;;;/h13-42,53-58H2,1-12H3;4*1H4. The van der Waals surface area contributed by atoms with Crippen LogP contribution in [0.1, 0.15) is 151 Å². The van der Waals surface area contributed by atoms with E-state index in [1.807, 2.05) is 0 Å². The number of hydrogen-bond acceptors (Lipinski definition) is 15. The Morgan fingerprint density at radius 2 is 0.535 bits per heavy atom. The summed E-state index contributed by atoms with van der Waals surface area (Å²) in [6, 6.07) is 0. The molecule has 432 valence electrons. The van der Waals surface area contributed by atoms with Crippen LogP contribution >= 0.6 is 0 Å². The SMILES string of the molecule is C.C.C.C.CC(C)(C)CC1(CN)COCCOCCOCC(CN)(CC(C)(C)C)CC2(CN)COCCOCCOCC(CN)(C1)CC(CN)(C(C)(C)C)COCCOCCOCC(CN)(C(C)(C)C)C2. The maximum atomic E-state index is 6.99.